The maximum atomic E-state index is 10.2. The van der Waals surface area contributed by atoms with Crippen molar-refractivity contribution in [2.24, 2.45) is 17.3 Å². The Balaban J connectivity index is 2.42. The molecule has 0 radical (unpaired) electrons. The molecule has 0 heterocycles. The minimum Gasteiger partial charge on any atom is -0.303 e. The zero-order chi connectivity index (χ0) is 7.07. The largest absolute Gasteiger partial charge is 0.303 e. The highest BCUT2D eigenvalue weighted by molar-refractivity contribution is 5.58. The average Bonchev–Trinajstić information content (AvgIpc) is 2.39. The van der Waals surface area contributed by atoms with E-state index in [9.17, 15) is 4.79 Å². The third-order valence-corrected chi connectivity index (χ3v) is 2.13. The summed E-state index contributed by atoms with van der Waals surface area (Å²) in [6.45, 7) is 6.59. The lowest BCUT2D eigenvalue weighted by molar-refractivity contribution is -0.109. The molecule has 9 heavy (non-hydrogen) atoms. The average molecular weight is 126 g/mol. The highest BCUT2D eigenvalue weighted by Gasteiger charge is 2.44. The van der Waals surface area contributed by atoms with Gasteiger partial charge in [-0.1, -0.05) is 20.8 Å². The van der Waals surface area contributed by atoms with Crippen molar-refractivity contribution in [1.29, 1.82) is 0 Å². The van der Waals surface area contributed by atoms with Gasteiger partial charge in [0.2, 0.25) is 0 Å². The Bertz CT molecular complexity index is 121. The van der Waals surface area contributed by atoms with Crippen LogP contribution in [0.1, 0.15) is 27.2 Å². The smallest absolute Gasteiger partial charge is 0.123 e. The quantitative estimate of drug-likeness (QED) is 0.490. The van der Waals surface area contributed by atoms with Gasteiger partial charge in [-0.3, -0.25) is 0 Å². The van der Waals surface area contributed by atoms with Gasteiger partial charge in [0, 0.05) is 5.92 Å². The number of rotatable bonds is 1. The molecule has 1 heteroatoms. The second-order valence-electron chi connectivity index (χ2n) is 4.01. The molecule has 1 fully saturated rings. The molecule has 1 aliphatic rings. The topological polar surface area (TPSA) is 17.1 Å². The van der Waals surface area contributed by atoms with Crippen LogP contribution in [0.25, 0.3) is 0 Å². The Morgan fingerprint density at radius 1 is 1.44 bits per heavy atom. The Kier molecular flexibility index (Phi) is 1.38. The van der Waals surface area contributed by atoms with Crippen molar-refractivity contribution >= 4 is 6.29 Å². The predicted molar refractivity (Wildman–Crippen MR) is 37.1 cm³/mol. The van der Waals surface area contributed by atoms with Gasteiger partial charge in [-0.15, -0.1) is 0 Å². The van der Waals surface area contributed by atoms with Crippen LogP contribution in [-0.2, 0) is 4.79 Å². The van der Waals surface area contributed by atoms with Gasteiger partial charge in [0.05, 0.1) is 0 Å². The van der Waals surface area contributed by atoms with Crippen molar-refractivity contribution in [3.8, 4) is 0 Å². The van der Waals surface area contributed by atoms with Crippen LogP contribution in [0.2, 0.25) is 0 Å². The Morgan fingerprint density at radius 3 is 2.11 bits per heavy atom. The van der Waals surface area contributed by atoms with Crippen LogP contribution in [0.4, 0.5) is 0 Å². The summed E-state index contributed by atoms with van der Waals surface area (Å²) in [6.07, 6.45) is 2.21. The van der Waals surface area contributed by atoms with Gasteiger partial charge in [-0.25, -0.2) is 0 Å². The van der Waals surface area contributed by atoms with Crippen LogP contribution in [0, 0.1) is 17.3 Å². The van der Waals surface area contributed by atoms with Crippen molar-refractivity contribution in [2.45, 2.75) is 27.2 Å². The number of aldehydes is 1. The number of carbonyl (C=O) groups is 1. The van der Waals surface area contributed by atoms with Crippen LogP contribution in [-0.4, -0.2) is 6.29 Å². The molecule has 52 valence electrons. The van der Waals surface area contributed by atoms with E-state index >= 15 is 0 Å². The van der Waals surface area contributed by atoms with Crippen LogP contribution < -0.4 is 0 Å². The van der Waals surface area contributed by atoms with E-state index < -0.39 is 0 Å². The second-order valence-corrected chi connectivity index (χ2v) is 4.01. The van der Waals surface area contributed by atoms with Gasteiger partial charge in [-0.05, 0) is 17.8 Å². The first-order valence-electron chi connectivity index (χ1n) is 3.51. The van der Waals surface area contributed by atoms with Crippen molar-refractivity contribution in [1.82, 2.24) is 0 Å². The van der Waals surface area contributed by atoms with Crippen molar-refractivity contribution in [2.75, 3.05) is 0 Å². The first kappa shape index (κ1) is 6.79. The van der Waals surface area contributed by atoms with Gasteiger partial charge in [0.25, 0.3) is 0 Å². The molecule has 1 nitrogen and oxygen atoms in total. The van der Waals surface area contributed by atoms with E-state index in [0.717, 1.165) is 12.7 Å². The lowest BCUT2D eigenvalue weighted by Gasteiger charge is -2.16. The maximum Gasteiger partial charge on any atom is 0.123 e. The third-order valence-electron chi connectivity index (χ3n) is 2.13. The molecule has 0 saturated heterocycles. The number of hydrogen-bond acceptors (Lipinski definition) is 1. The summed E-state index contributed by atoms with van der Waals surface area (Å²) >= 11 is 0. The van der Waals surface area contributed by atoms with E-state index in [4.69, 9.17) is 0 Å². The molecule has 0 aromatic rings. The minimum absolute atomic E-state index is 0.353. The highest BCUT2D eigenvalue weighted by Crippen LogP contribution is 2.49. The van der Waals surface area contributed by atoms with E-state index in [1.165, 1.54) is 0 Å². The zero-order valence-corrected chi connectivity index (χ0v) is 6.35. The summed E-state index contributed by atoms with van der Waals surface area (Å²) in [5, 5.41) is 0. The molecule has 0 aromatic heterocycles. The van der Waals surface area contributed by atoms with E-state index in [2.05, 4.69) is 20.8 Å². The summed E-state index contributed by atoms with van der Waals surface area (Å²) in [6, 6.07) is 0. The normalized spacial score (nSPS) is 34.1. The fourth-order valence-corrected chi connectivity index (χ4v) is 1.36. The Hall–Kier alpha value is -0.330. The number of hydrogen-bond donors (Lipinski definition) is 0. The fourth-order valence-electron chi connectivity index (χ4n) is 1.36. The molecule has 1 saturated carbocycles. The van der Waals surface area contributed by atoms with Gasteiger partial charge >= 0.3 is 0 Å². The maximum absolute atomic E-state index is 10.2. The molecule has 0 aromatic carbocycles. The van der Waals surface area contributed by atoms with E-state index in [-0.39, 0.29) is 0 Å². The lowest BCUT2D eigenvalue weighted by atomic mass is 9.89. The van der Waals surface area contributed by atoms with E-state index in [0.29, 0.717) is 17.3 Å². The van der Waals surface area contributed by atoms with Crippen LogP contribution in [0.15, 0.2) is 0 Å². The SMILES string of the molecule is CC(C)(C)C1C[C@H]1C=O. The van der Waals surface area contributed by atoms with Crippen molar-refractivity contribution < 1.29 is 4.79 Å². The summed E-state index contributed by atoms with van der Waals surface area (Å²) in [5.74, 6) is 1.04. The van der Waals surface area contributed by atoms with Gasteiger partial charge in [-0.2, -0.15) is 0 Å². The van der Waals surface area contributed by atoms with E-state index in [1.54, 1.807) is 0 Å². The molecule has 1 aliphatic carbocycles. The lowest BCUT2D eigenvalue weighted by Crippen LogP contribution is -2.09. The predicted octanol–water partition coefficient (Wildman–Crippen LogP) is 1.87. The molecule has 0 spiro atoms. The van der Waals surface area contributed by atoms with Gasteiger partial charge in [0.1, 0.15) is 6.29 Å². The molecule has 2 atom stereocenters. The third kappa shape index (κ3) is 1.32. The Labute approximate surface area is 56.4 Å². The monoisotopic (exact) mass is 126 g/mol. The fraction of sp³-hybridized carbons (Fsp3) is 0.875. The van der Waals surface area contributed by atoms with Crippen molar-refractivity contribution in [3.05, 3.63) is 0 Å². The first-order chi connectivity index (χ1) is 4.05. The van der Waals surface area contributed by atoms with Crippen LogP contribution in [0.5, 0.6) is 0 Å². The summed E-state index contributed by atoms with van der Waals surface area (Å²) in [4.78, 5) is 10.2. The molecule has 0 aliphatic heterocycles. The molecular formula is C8H14O. The highest BCUT2D eigenvalue weighted by atomic mass is 16.1. The molecule has 0 amide bonds. The summed E-state index contributed by atoms with van der Waals surface area (Å²) in [5.41, 5.74) is 0.353. The standard InChI is InChI=1S/C8H14O/c1-8(2,3)7-4-6(7)5-9/h5-7H,4H2,1-3H3/t6-,7?/m0/s1. The molecule has 1 unspecified atom stereocenters. The minimum atomic E-state index is 0.353. The molecule has 1 rings (SSSR count). The van der Waals surface area contributed by atoms with Gasteiger partial charge in [0.15, 0.2) is 0 Å². The van der Waals surface area contributed by atoms with Crippen molar-refractivity contribution in [3.63, 3.8) is 0 Å². The first-order valence-corrected chi connectivity index (χ1v) is 3.51. The second kappa shape index (κ2) is 1.83. The summed E-state index contributed by atoms with van der Waals surface area (Å²) < 4.78 is 0. The van der Waals surface area contributed by atoms with Crippen LogP contribution >= 0.6 is 0 Å². The van der Waals surface area contributed by atoms with Gasteiger partial charge < -0.3 is 4.79 Å². The molecule has 0 N–H and O–H groups in total. The van der Waals surface area contributed by atoms with Crippen LogP contribution in [0.3, 0.4) is 0 Å². The molecule has 0 bridgehead atoms. The zero-order valence-electron chi connectivity index (χ0n) is 6.35. The van der Waals surface area contributed by atoms with E-state index in [1.807, 2.05) is 0 Å². The molecular weight excluding hydrogens is 112 g/mol. The Morgan fingerprint density at radius 2 is 2.00 bits per heavy atom. The number of carbonyl (C=O) groups excluding carboxylic acids is 1. The summed E-state index contributed by atoms with van der Waals surface area (Å²) in [7, 11) is 0.